The third-order valence-corrected chi connectivity index (χ3v) is 6.10. The highest BCUT2D eigenvalue weighted by Gasteiger charge is 2.35. The number of rotatable bonds is 6. The van der Waals surface area contributed by atoms with Crippen LogP contribution in [0.1, 0.15) is 31.7 Å². The van der Waals surface area contributed by atoms with Crippen LogP contribution < -0.4 is 5.32 Å². The van der Waals surface area contributed by atoms with Gasteiger partial charge < -0.3 is 19.9 Å². The fourth-order valence-corrected chi connectivity index (χ4v) is 4.25. The number of nitrogens with one attached hydrogen (secondary N) is 1. The zero-order valence-electron chi connectivity index (χ0n) is 17.9. The third kappa shape index (κ3) is 5.82. The van der Waals surface area contributed by atoms with E-state index < -0.39 is 0 Å². The Morgan fingerprint density at radius 2 is 2.14 bits per heavy atom. The lowest BCUT2D eigenvalue weighted by Crippen LogP contribution is -2.52. The van der Waals surface area contributed by atoms with Crippen LogP contribution in [0.2, 0.25) is 0 Å². The molecule has 1 aromatic rings. The summed E-state index contributed by atoms with van der Waals surface area (Å²) in [7, 11) is 6.33. The SMILES string of the molecule is CCNC(=NCC1(N(C)C)CCOCC1)N1CCC(Cc2cnn(C)c2)C1.I. The maximum Gasteiger partial charge on any atom is 0.193 e. The second-order valence-electron chi connectivity index (χ2n) is 8.23. The molecule has 7 nitrogen and oxygen atoms in total. The summed E-state index contributed by atoms with van der Waals surface area (Å²) in [5, 5.41) is 7.82. The van der Waals surface area contributed by atoms with Gasteiger partial charge in [0.15, 0.2) is 5.96 Å². The van der Waals surface area contributed by atoms with Crippen LogP contribution >= 0.6 is 24.0 Å². The predicted octanol–water partition coefficient (Wildman–Crippen LogP) is 1.98. The molecule has 1 aromatic heterocycles. The molecule has 160 valence electrons. The number of guanidine groups is 1. The van der Waals surface area contributed by atoms with E-state index in [1.165, 1.54) is 12.0 Å². The summed E-state index contributed by atoms with van der Waals surface area (Å²) in [6.45, 7) is 7.70. The Morgan fingerprint density at radius 1 is 1.39 bits per heavy atom. The highest BCUT2D eigenvalue weighted by atomic mass is 127. The number of nitrogens with zero attached hydrogens (tertiary/aromatic N) is 5. The number of hydrogen-bond donors (Lipinski definition) is 1. The van der Waals surface area contributed by atoms with Crippen molar-refractivity contribution >= 4 is 29.9 Å². The Kier molecular flexibility index (Phi) is 9.01. The van der Waals surface area contributed by atoms with Crippen molar-refractivity contribution in [3.05, 3.63) is 18.0 Å². The van der Waals surface area contributed by atoms with E-state index in [9.17, 15) is 0 Å². The zero-order chi connectivity index (χ0) is 19.3. The predicted molar refractivity (Wildman–Crippen MR) is 124 cm³/mol. The summed E-state index contributed by atoms with van der Waals surface area (Å²) >= 11 is 0. The van der Waals surface area contributed by atoms with Crippen LogP contribution in [-0.2, 0) is 18.2 Å². The largest absolute Gasteiger partial charge is 0.381 e. The minimum Gasteiger partial charge on any atom is -0.381 e. The van der Waals surface area contributed by atoms with Crippen LogP contribution in [-0.4, -0.2) is 84.6 Å². The molecule has 2 aliphatic heterocycles. The van der Waals surface area contributed by atoms with Gasteiger partial charge in [0, 0.05) is 51.6 Å². The van der Waals surface area contributed by atoms with Crippen molar-refractivity contribution in [1.29, 1.82) is 0 Å². The van der Waals surface area contributed by atoms with Crippen molar-refractivity contribution in [1.82, 2.24) is 24.9 Å². The monoisotopic (exact) mass is 504 g/mol. The van der Waals surface area contributed by atoms with Crippen LogP contribution in [0.4, 0.5) is 0 Å². The Bertz CT molecular complexity index is 626. The van der Waals surface area contributed by atoms with E-state index in [1.807, 2.05) is 17.9 Å². The molecular formula is C20H37IN6O. The highest BCUT2D eigenvalue weighted by molar-refractivity contribution is 14.0. The number of hydrogen-bond acceptors (Lipinski definition) is 4. The summed E-state index contributed by atoms with van der Waals surface area (Å²) in [6.07, 6.45) is 8.54. The van der Waals surface area contributed by atoms with Crippen molar-refractivity contribution in [3.63, 3.8) is 0 Å². The molecule has 0 aromatic carbocycles. The molecule has 3 rings (SSSR count). The number of likely N-dealkylation sites (tertiary alicyclic amines) is 1. The lowest BCUT2D eigenvalue weighted by molar-refractivity contribution is -0.00262. The Labute approximate surface area is 186 Å². The normalized spacial score (nSPS) is 22.4. The van der Waals surface area contributed by atoms with Gasteiger partial charge in [-0.05, 0) is 58.2 Å². The number of likely N-dealkylation sites (N-methyl/N-ethyl adjacent to an activating group) is 1. The lowest BCUT2D eigenvalue weighted by Gasteiger charge is -2.42. The third-order valence-electron chi connectivity index (χ3n) is 6.10. The van der Waals surface area contributed by atoms with Crippen LogP contribution in [0.25, 0.3) is 0 Å². The van der Waals surface area contributed by atoms with Crippen molar-refractivity contribution in [2.45, 2.75) is 38.1 Å². The number of aryl methyl sites for hydroxylation is 1. The molecule has 2 saturated heterocycles. The van der Waals surface area contributed by atoms with Crippen LogP contribution in [0.3, 0.4) is 0 Å². The van der Waals surface area contributed by atoms with Gasteiger partial charge in [0.2, 0.25) is 0 Å². The van der Waals surface area contributed by atoms with Gasteiger partial charge in [0.1, 0.15) is 0 Å². The first-order valence-corrected chi connectivity index (χ1v) is 10.3. The molecule has 2 fully saturated rings. The molecular weight excluding hydrogens is 467 g/mol. The second kappa shape index (κ2) is 10.8. The van der Waals surface area contributed by atoms with E-state index in [0.717, 1.165) is 64.6 Å². The molecule has 8 heteroatoms. The maximum absolute atomic E-state index is 5.59. The molecule has 0 spiro atoms. The van der Waals surface area contributed by atoms with Gasteiger partial charge in [0.25, 0.3) is 0 Å². The first-order chi connectivity index (χ1) is 13.0. The lowest BCUT2D eigenvalue weighted by atomic mass is 9.89. The van der Waals surface area contributed by atoms with Crippen molar-refractivity contribution in [2.24, 2.45) is 18.0 Å². The first-order valence-electron chi connectivity index (χ1n) is 10.3. The Hall–Kier alpha value is -0.870. The topological polar surface area (TPSA) is 57.9 Å². The van der Waals surface area contributed by atoms with Crippen molar-refractivity contribution in [2.75, 3.05) is 53.5 Å². The van der Waals surface area contributed by atoms with E-state index in [4.69, 9.17) is 9.73 Å². The molecule has 0 amide bonds. The summed E-state index contributed by atoms with van der Waals surface area (Å²) < 4.78 is 7.48. The first kappa shape index (κ1) is 23.4. The van der Waals surface area contributed by atoms with Gasteiger partial charge in [-0.2, -0.15) is 5.10 Å². The van der Waals surface area contributed by atoms with Crippen molar-refractivity contribution in [3.8, 4) is 0 Å². The fourth-order valence-electron chi connectivity index (χ4n) is 4.25. The van der Waals surface area contributed by atoms with Crippen LogP contribution in [0, 0.1) is 5.92 Å². The maximum atomic E-state index is 5.59. The van der Waals surface area contributed by atoms with Gasteiger partial charge >= 0.3 is 0 Å². The molecule has 1 atom stereocenters. The van der Waals surface area contributed by atoms with Gasteiger partial charge in [-0.25, -0.2) is 0 Å². The molecule has 1 N–H and O–H groups in total. The number of aromatic nitrogens is 2. The molecule has 2 aliphatic rings. The number of ether oxygens (including phenoxy) is 1. The minimum absolute atomic E-state index is 0. The standard InChI is InChI=1S/C20H36N6O.HI/c1-5-21-19(22-16-20(24(2)3)7-10-27-11-8-20)26-9-6-17(15-26)12-18-13-23-25(4)14-18;/h13-14,17H,5-12,15-16H2,1-4H3,(H,21,22);1H. The Balaban J connectivity index is 0.00000280. The quantitative estimate of drug-likeness (QED) is 0.365. The second-order valence-corrected chi connectivity index (χ2v) is 8.23. The van der Waals surface area contributed by atoms with Crippen molar-refractivity contribution < 1.29 is 4.74 Å². The van der Waals surface area contributed by atoms with Crippen LogP contribution in [0.5, 0.6) is 0 Å². The van der Waals surface area contributed by atoms with E-state index in [1.54, 1.807) is 0 Å². The molecule has 0 bridgehead atoms. The van der Waals surface area contributed by atoms with E-state index in [2.05, 4.69) is 47.4 Å². The molecule has 3 heterocycles. The molecule has 0 radical (unpaired) electrons. The molecule has 1 unspecified atom stereocenters. The van der Waals surface area contributed by atoms with Gasteiger partial charge in [0.05, 0.1) is 12.7 Å². The number of aliphatic imine (C=N–C) groups is 1. The highest BCUT2D eigenvalue weighted by Crippen LogP contribution is 2.27. The number of halogens is 1. The summed E-state index contributed by atoms with van der Waals surface area (Å²) in [4.78, 5) is 9.86. The van der Waals surface area contributed by atoms with Gasteiger partial charge in [-0.15, -0.1) is 24.0 Å². The zero-order valence-corrected chi connectivity index (χ0v) is 20.2. The van der Waals surface area contributed by atoms with E-state index in [0.29, 0.717) is 5.92 Å². The summed E-state index contributed by atoms with van der Waals surface area (Å²) in [6, 6.07) is 0. The molecule has 0 aliphatic carbocycles. The Morgan fingerprint density at radius 3 is 2.75 bits per heavy atom. The average Bonchev–Trinajstić information content (AvgIpc) is 3.28. The average molecular weight is 504 g/mol. The minimum atomic E-state index is 0. The van der Waals surface area contributed by atoms with E-state index >= 15 is 0 Å². The van der Waals surface area contributed by atoms with Gasteiger partial charge in [-0.1, -0.05) is 0 Å². The molecule has 0 saturated carbocycles. The van der Waals surface area contributed by atoms with Gasteiger partial charge in [-0.3, -0.25) is 9.67 Å². The summed E-state index contributed by atoms with van der Waals surface area (Å²) in [5.74, 6) is 1.74. The fraction of sp³-hybridized carbons (Fsp3) is 0.800. The van der Waals surface area contributed by atoms with Crippen LogP contribution in [0.15, 0.2) is 17.4 Å². The summed E-state index contributed by atoms with van der Waals surface area (Å²) in [5.41, 5.74) is 1.45. The van der Waals surface area contributed by atoms with E-state index in [-0.39, 0.29) is 29.5 Å². The smallest absolute Gasteiger partial charge is 0.193 e. The molecule has 28 heavy (non-hydrogen) atoms.